The molecule has 126 valence electrons. The summed E-state index contributed by atoms with van der Waals surface area (Å²) in [5, 5.41) is 5.71. The minimum absolute atomic E-state index is 0.00200. The van der Waals surface area contributed by atoms with Crippen LogP contribution in [0.4, 0.5) is 0 Å². The molecule has 0 aliphatic heterocycles. The SMILES string of the molecule is CC(C)[C@@H](NC(=O)Cc1ccccc1)C(=O)NCc1ccncc1. The number of carbonyl (C=O) groups excluding carboxylic acids is 2. The average Bonchev–Trinajstić information content (AvgIpc) is 2.59. The fraction of sp³-hybridized carbons (Fsp3) is 0.316. The lowest BCUT2D eigenvalue weighted by Crippen LogP contribution is -2.49. The number of amides is 2. The Morgan fingerprint density at radius 2 is 1.67 bits per heavy atom. The highest BCUT2D eigenvalue weighted by atomic mass is 16.2. The molecule has 0 unspecified atom stereocenters. The van der Waals surface area contributed by atoms with Gasteiger partial charge in [-0.15, -0.1) is 0 Å². The van der Waals surface area contributed by atoms with Crippen LogP contribution in [-0.4, -0.2) is 22.8 Å². The molecule has 5 heteroatoms. The van der Waals surface area contributed by atoms with Gasteiger partial charge in [0.05, 0.1) is 6.42 Å². The zero-order valence-corrected chi connectivity index (χ0v) is 14.0. The summed E-state index contributed by atoms with van der Waals surface area (Å²) in [5.74, 6) is -0.329. The van der Waals surface area contributed by atoms with Gasteiger partial charge in [-0.2, -0.15) is 0 Å². The number of carbonyl (C=O) groups is 2. The van der Waals surface area contributed by atoms with Crippen LogP contribution in [-0.2, 0) is 22.6 Å². The van der Waals surface area contributed by atoms with Crippen molar-refractivity contribution in [3.63, 3.8) is 0 Å². The van der Waals surface area contributed by atoms with Gasteiger partial charge in [0, 0.05) is 18.9 Å². The van der Waals surface area contributed by atoms with Gasteiger partial charge in [-0.1, -0.05) is 44.2 Å². The highest BCUT2D eigenvalue weighted by molar-refractivity contribution is 5.88. The molecule has 2 rings (SSSR count). The van der Waals surface area contributed by atoms with E-state index >= 15 is 0 Å². The van der Waals surface area contributed by atoms with E-state index in [1.807, 2.05) is 56.3 Å². The van der Waals surface area contributed by atoms with Crippen LogP contribution in [0.15, 0.2) is 54.9 Å². The van der Waals surface area contributed by atoms with Crippen LogP contribution in [0.1, 0.15) is 25.0 Å². The first-order valence-electron chi connectivity index (χ1n) is 8.06. The summed E-state index contributed by atoms with van der Waals surface area (Å²) in [5.41, 5.74) is 1.89. The van der Waals surface area contributed by atoms with E-state index in [0.29, 0.717) is 6.54 Å². The van der Waals surface area contributed by atoms with E-state index in [1.54, 1.807) is 12.4 Å². The molecule has 1 aromatic heterocycles. The Labute approximate surface area is 142 Å². The second-order valence-corrected chi connectivity index (χ2v) is 6.02. The Hall–Kier alpha value is -2.69. The second-order valence-electron chi connectivity index (χ2n) is 6.02. The van der Waals surface area contributed by atoms with Crippen molar-refractivity contribution in [3.8, 4) is 0 Å². The number of pyridine rings is 1. The molecule has 5 nitrogen and oxygen atoms in total. The first-order chi connectivity index (χ1) is 11.6. The van der Waals surface area contributed by atoms with Gasteiger partial charge in [-0.25, -0.2) is 0 Å². The molecule has 0 spiro atoms. The van der Waals surface area contributed by atoms with Gasteiger partial charge in [-0.3, -0.25) is 14.6 Å². The summed E-state index contributed by atoms with van der Waals surface area (Å²) in [4.78, 5) is 28.6. The Kier molecular flexibility index (Phi) is 6.49. The average molecular weight is 325 g/mol. The quantitative estimate of drug-likeness (QED) is 0.819. The maximum absolute atomic E-state index is 12.4. The Balaban J connectivity index is 1.90. The monoisotopic (exact) mass is 325 g/mol. The van der Waals surface area contributed by atoms with E-state index in [-0.39, 0.29) is 24.2 Å². The van der Waals surface area contributed by atoms with Crippen molar-refractivity contribution < 1.29 is 9.59 Å². The van der Waals surface area contributed by atoms with Crippen molar-refractivity contribution in [2.75, 3.05) is 0 Å². The Morgan fingerprint density at radius 3 is 2.29 bits per heavy atom. The van der Waals surface area contributed by atoms with Gasteiger partial charge in [-0.05, 0) is 29.2 Å². The van der Waals surface area contributed by atoms with Crippen LogP contribution in [0.3, 0.4) is 0 Å². The van der Waals surface area contributed by atoms with Gasteiger partial charge in [0.25, 0.3) is 0 Å². The van der Waals surface area contributed by atoms with E-state index in [1.165, 1.54) is 0 Å². The number of hydrogen-bond acceptors (Lipinski definition) is 3. The topological polar surface area (TPSA) is 71.1 Å². The van der Waals surface area contributed by atoms with Crippen molar-refractivity contribution in [2.45, 2.75) is 32.9 Å². The number of nitrogens with zero attached hydrogens (tertiary/aromatic N) is 1. The van der Waals surface area contributed by atoms with Gasteiger partial charge in [0.2, 0.25) is 11.8 Å². The first-order valence-corrected chi connectivity index (χ1v) is 8.06. The lowest BCUT2D eigenvalue weighted by atomic mass is 10.0. The minimum Gasteiger partial charge on any atom is -0.350 e. The molecule has 0 saturated carbocycles. The summed E-state index contributed by atoms with van der Waals surface area (Å²) >= 11 is 0. The van der Waals surface area contributed by atoms with Crippen molar-refractivity contribution in [1.29, 1.82) is 0 Å². The normalized spacial score (nSPS) is 11.8. The molecule has 2 aromatic rings. The number of aromatic nitrogens is 1. The molecule has 0 saturated heterocycles. The number of nitrogens with one attached hydrogen (secondary N) is 2. The van der Waals surface area contributed by atoms with E-state index in [4.69, 9.17) is 0 Å². The predicted molar refractivity (Wildman–Crippen MR) is 93.0 cm³/mol. The van der Waals surface area contributed by atoms with Crippen molar-refractivity contribution in [3.05, 3.63) is 66.0 Å². The number of hydrogen-bond donors (Lipinski definition) is 2. The van der Waals surface area contributed by atoms with Crippen molar-refractivity contribution >= 4 is 11.8 Å². The van der Waals surface area contributed by atoms with Crippen molar-refractivity contribution in [2.24, 2.45) is 5.92 Å². The Morgan fingerprint density at radius 1 is 1.00 bits per heavy atom. The molecule has 24 heavy (non-hydrogen) atoms. The van der Waals surface area contributed by atoms with E-state index in [9.17, 15) is 9.59 Å². The molecule has 0 bridgehead atoms. The molecule has 0 aliphatic carbocycles. The maximum atomic E-state index is 12.4. The van der Waals surface area contributed by atoms with Crippen LogP contribution in [0.25, 0.3) is 0 Å². The molecule has 1 aromatic carbocycles. The smallest absolute Gasteiger partial charge is 0.243 e. The molecule has 0 fully saturated rings. The predicted octanol–water partition coefficient (Wildman–Crippen LogP) is 2.08. The maximum Gasteiger partial charge on any atom is 0.243 e. The number of rotatable bonds is 7. The lowest BCUT2D eigenvalue weighted by molar-refractivity contribution is -0.129. The number of benzene rings is 1. The molecular formula is C19H23N3O2. The molecular weight excluding hydrogens is 302 g/mol. The molecule has 2 N–H and O–H groups in total. The molecule has 0 radical (unpaired) electrons. The van der Waals surface area contributed by atoms with E-state index < -0.39 is 6.04 Å². The lowest BCUT2D eigenvalue weighted by Gasteiger charge is -2.22. The first kappa shape index (κ1) is 17.7. The van der Waals surface area contributed by atoms with Crippen LogP contribution in [0.2, 0.25) is 0 Å². The molecule has 1 heterocycles. The Bertz CT molecular complexity index is 657. The van der Waals surface area contributed by atoms with Gasteiger partial charge in [0.15, 0.2) is 0 Å². The van der Waals surface area contributed by atoms with Crippen molar-refractivity contribution in [1.82, 2.24) is 15.6 Å². The second kappa shape index (κ2) is 8.82. The standard InChI is InChI=1S/C19H23N3O2/c1-14(2)18(19(24)21-13-16-8-10-20-11-9-16)22-17(23)12-15-6-4-3-5-7-15/h3-11,14,18H,12-13H2,1-2H3,(H,21,24)(H,22,23)/t18-/m1/s1. The highest BCUT2D eigenvalue weighted by Gasteiger charge is 2.23. The molecule has 1 atom stereocenters. The van der Waals surface area contributed by atoms with Crippen LogP contribution < -0.4 is 10.6 Å². The zero-order valence-electron chi connectivity index (χ0n) is 14.0. The fourth-order valence-electron chi connectivity index (χ4n) is 2.34. The summed E-state index contributed by atoms with van der Waals surface area (Å²) in [7, 11) is 0. The van der Waals surface area contributed by atoms with E-state index in [0.717, 1.165) is 11.1 Å². The zero-order chi connectivity index (χ0) is 17.4. The minimum atomic E-state index is -0.553. The van der Waals surface area contributed by atoms with Gasteiger partial charge in [0.1, 0.15) is 6.04 Å². The van der Waals surface area contributed by atoms with Gasteiger partial charge < -0.3 is 10.6 Å². The largest absolute Gasteiger partial charge is 0.350 e. The van der Waals surface area contributed by atoms with Crippen LogP contribution in [0, 0.1) is 5.92 Å². The van der Waals surface area contributed by atoms with Crippen LogP contribution >= 0.6 is 0 Å². The fourth-order valence-corrected chi connectivity index (χ4v) is 2.34. The highest BCUT2D eigenvalue weighted by Crippen LogP contribution is 2.05. The van der Waals surface area contributed by atoms with E-state index in [2.05, 4.69) is 15.6 Å². The molecule has 0 aliphatic rings. The third-order valence-corrected chi connectivity index (χ3v) is 3.69. The summed E-state index contributed by atoms with van der Waals surface area (Å²) in [6, 6.07) is 12.6. The van der Waals surface area contributed by atoms with Crippen LogP contribution in [0.5, 0.6) is 0 Å². The third kappa shape index (κ3) is 5.50. The summed E-state index contributed by atoms with van der Waals surface area (Å²) < 4.78 is 0. The van der Waals surface area contributed by atoms with Gasteiger partial charge >= 0.3 is 0 Å². The molecule has 2 amide bonds. The summed E-state index contributed by atoms with van der Waals surface area (Å²) in [6.07, 6.45) is 3.63. The summed E-state index contributed by atoms with van der Waals surface area (Å²) in [6.45, 7) is 4.25. The third-order valence-electron chi connectivity index (χ3n) is 3.69.